The van der Waals surface area contributed by atoms with Crippen LogP contribution >= 0.6 is 0 Å². The van der Waals surface area contributed by atoms with E-state index in [1.165, 1.54) is 0 Å². The van der Waals surface area contributed by atoms with Crippen molar-refractivity contribution in [3.8, 4) is 5.75 Å². The van der Waals surface area contributed by atoms with Gasteiger partial charge >= 0.3 is 5.97 Å². The Labute approximate surface area is 140 Å². The number of aryl methyl sites for hydroxylation is 2. The predicted molar refractivity (Wildman–Crippen MR) is 89.2 cm³/mol. The molecule has 128 valence electrons. The SMILES string of the molecule is Cc1nn(C)c(C)c1CCC(=O)Nc1ccc(OCC(=O)O)cc1. The average Bonchev–Trinajstić information content (AvgIpc) is 2.77. The second-order valence-corrected chi connectivity index (χ2v) is 5.53. The number of carbonyl (C=O) groups excluding carboxylic acids is 1. The van der Waals surface area contributed by atoms with Gasteiger partial charge in [0.1, 0.15) is 5.75 Å². The third-order valence-electron chi connectivity index (χ3n) is 3.76. The molecule has 1 amide bonds. The number of benzene rings is 1. The number of hydrogen-bond acceptors (Lipinski definition) is 4. The zero-order chi connectivity index (χ0) is 17.7. The Morgan fingerprint density at radius 2 is 1.92 bits per heavy atom. The van der Waals surface area contributed by atoms with Crippen LogP contribution in [0.5, 0.6) is 5.75 Å². The number of carboxylic acids is 1. The van der Waals surface area contributed by atoms with Crippen LogP contribution in [0.15, 0.2) is 24.3 Å². The van der Waals surface area contributed by atoms with Crippen LogP contribution < -0.4 is 10.1 Å². The van der Waals surface area contributed by atoms with Crippen LogP contribution in [0.3, 0.4) is 0 Å². The molecule has 0 spiro atoms. The van der Waals surface area contributed by atoms with E-state index >= 15 is 0 Å². The molecule has 1 aromatic carbocycles. The van der Waals surface area contributed by atoms with Gasteiger partial charge in [-0.2, -0.15) is 5.10 Å². The maximum Gasteiger partial charge on any atom is 0.341 e. The maximum atomic E-state index is 12.1. The van der Waals surface area contributed by atoms with E-state index in [0.717, 1.165) is 17.0 Å². The van der Waals surface area contributed by atoms with Crippen molar-refractivity contribution in [1.29, 1.82) is 0 Å². The lowest BCUT2D eigenvalue weighted by Crippen LogP contribution is -2.13. The zero-order valence-electron chi connectivity index (χ0n) is 14.0. The van der Waals surface area contributed by atoms with Crippen molar-refractivity contribution in [2.75, 3.05) is 11.9 Å². The van der Waals surface area contributed by atoms with Crippen LogP contribution in [-0.4, -0.2) is 33.4 Å². The van der Waals surface area contributed by atoms with Gasteiger partial charge in [-0.15, -0.1) is 0 Å². The number of carboxylic acid groups (broad SMARTS) is 1. The normalized spacial score (nSPS) is 10.5. The molecule has 0 radical (unpaired) electrons. The molecule has 7 heteroatoms. The van der Waals surface area contributed by atoms with Gasteiger partial charge in [0, 0.05) is 24.8 Å². The summed E-state index contributed by atoms with van der Waals surface area (Å²) in [4.78, 5) is 22.5. The summed E-state index contributed by atoms with van der Waals surface area (Å²) in [5, 5.41) is 15.7. The van der Waals surface area contributed by atoms with Gasteiger partial charge in [0.2, 0.25) is 5.91 Å². The molecule has 2 aromatic rings. The summed E-state index contributed by atoms with van der Waals surface area (Å²) in [6, 6.07) is 6.59. The van der Waals surface area contributed by atoms with E-state index in [1.54, 1.807) is 24.3 Å². The molecule has 24 heavy (non-hydrogen) atoms. The standard InChI is InChI=1S/C17H21N3O4/c1-11-15(12(2)20(3)19-11)8-9-16(21)18-13-4-6-14(7-5-13)24-10-17(22)23/h4-7H,8-10H2,1-3H3,(H,18,21)(H,22,23). The van der Waals surface area contributed by atoms with Crippen LogP contribution in [0.4, 0.5) is 5.69 Å². The number of aliphatic carboxylic acids is 1. The quantitative estimate of drug-likeness (QED) is 0.810. The largest absolute Gasteiger partial charge is 0.482 e. The van der Waals surface area contributed by atoms with E-state index in [4.69, 9.17) is 9.84 Å². The number of nitrogens with one attached hydrogen (secondary N) is 1. The summed E-state index contributed by atoms with van der Waals surface area (Å²) in [5.41, 5.74) is 3.76. The number of aromatic nitrogens is 2. The van der Waals surface area contributed by atoms with Gasteiger partial charge in [0.25, 0.3) is 0 Å². The van der Waals surface area contributed by atoms with Crippen LogP contribution in [0, 0.1) is 13.8 Å². The van der Waals surface area contributed by atoms with Crippen LogP contribution in [0.2, 0.25) is 0 Å². The zero-order valence-corrected chi connectivity index (χ0v) is 14.0. The highest BCUT2D eigenvalue weighted by Crippen LogP contribution is 2.17. The van der Waals surface area contributed by atoms with Gasteiger partial charge in [0.05, 0.1) is 5.69 Å². The monoisotopic (exact) mass is 331 g/mol. The molecule has 0 fully saturated rings. The Morgan fingerprint density at radius 1 is 1.25 bits per heavy atom. The average molecular weight is 331 g/mol. The van der Waals surface area contributed by atoms with E-state index in [0.29, 0.717) is 24.3 Å². The molecular formula is C17H21N3O4. The fourth-order valence-corrected chi connectivity index (χ4v) is 2.42. The second-order valence-electron chi connectivity index (χ2n) is 5.53. The molecule has 0 saturated carbocycles. The lowest BCUT2D eigenvalue weighted by Gasteiger charge is -2.07. The third-order valence-corrected chi connectivity index (χ3v) is 3.76. The number of carbonyl (C=O) groups is 2. The van der Waals surface area contributed by atoms with E-state index < -0.39 is 12.6 Å². The molecule has 2 N–H and O–H groups in total. The first-order valence-electron chi connectivity index (χ1n) is 7.60. The minimum absolute atomic E-state index is 0.0862. The van der Waals surface area contributed by atoms with Crippen molar-refractivity contribution >= 4 is 17.6 Å². The maximum absolute atomic E-state index is 12.1. The first kappa shape index (κ1) is 17.5. The predicted octanol–water partition coefficient (Wildman–Crippen LogP) is 2.07. The minimum atomic E-state index is -1.03. The summed E-state index contributed by atoms with van der Waals surface area (Å²) in [6.45, 7) is 3.54. The Balaban J connectivity index is 1.87. The molecule has 1 heterocycles. The first-order valence-corrected chi connectivity index (χ1v) is 7.60. The highest BCUT2D eigenvalue weighted by atomic mass is 16.5. The summed E-state index contributed by atoms with van der Waals surface area (Å²) in [7, 11) is 1.89. The van der Waals surface area contributed by atoms with Gasteiger partial charge in [-0.05, 0) is 50.1 Å². The van der Waals surface area contributed by atoms with Gasteiger partial charge in [0.15, 0.2) is 6.61 Å². The molecule has 0 saturated heterocycles. The third kappa shape index (κ3) is 4.58. The van der Waals surface area contributed by atoms with Crippen LogP contribution in [0.1, 0.15) is 23.4 Å². The van der Waals surface area contributed by atoms with Gasteiger partial charge < -0.3 is 15.2 Å². The Kier molecular flexibility index (Phi) is 5.57. The lowest BCUT2D eigenvalue weighted by atomic mass is 10.1. The van der Waals surface area contributed by atoms with Crippen molar-refractivity contribution in [2.24, 2.45) is 7.05 Å². The topological polar surface area (TPSA) is 93.5 Å². The summed E-state index contributed by atoms with van der Waals surface area (Å²) in [6.07, 6.45) is 1.00. The smallest absolute Gasteiger partial charge is 0.341 e. The number of ether oxygens (including phenoxy) is 1. The highest BCUT2D eigenvalue weighted by molar-refractivity contribution is 5.90. The van der Waals surface area contributed by atoms with E-state index in [9.17, 15) is 9.59 Å². The molecule has 7 nitrogen and oxygen atoms in total. The molecule has 0 aliphatic carbocycles. The van der Waals surface area contributed by atoms with Crippen LogP contribution in [0.25, 0.3) is 0 Å². The molecule has 0 atom stereocenters. The molecule has 0 bridgehead atoms. The highest BCUT2D eigenvalue weighted by Gasteiger charge is 2.11. The fraction of sp³-hybridized carbons (Fsp3) is 0.353. The molecule has 0 unspecified atom stereocenters. The summed E-state index contributed by atoms with van der Waals surface area (Å²) < 4.78 is 6.86. The fourth-order valence-electron chi connectivity index (χ4n) is 2.42. The lowest BCUT2D eigenvalue weighted by molar-refractivity contribution is -0.139. The van der Waals surface area contributed by atoms with E-state index in [2.05, 4.69) is 10.4 Å². The van der Waals surface area contributed by atoms with Crippen molar-refractivity contribution in [2.45, 2.75) is 26.7 Å². The van der Waals surface area contributed by atoms with Crippen molar-refractivity contribution < 1.29 is 19.4 Å². The van der Waals surface area contributed by atoms with Crippen molar-refractivity contribution in [3.63, 3.8) is 0 Å². The second kappa shape index (κ2) is 7.63. The van der Waals surface area contributed by atoms with Gasteiger partial charge in [-0.25, -0.2) is 4.79 Å². The van der Waals surface area contributed by atoms with Gasteiger partial charge in [-0.1, -0.05) is 0 Å². The Bertz CT molecular complexity index is 735. The minimum Gasteiger partial charge on any atom is -0.482 e. The van der Waals surface area contributed by atoms with Gasteiger partial charge in [-0.3, -0.25) is 9.48 Å². The molecule has 0 aliphatic rings. The number of anilines is 1. The Hall–Kier alpha value is -2.83. The summed E-state index contributed by atoms with van der Waals surface area (Å²) >= 11 is 0. The van der Waals surface area contributed by atoms with E-state index in [1.807, 2.05) is 25.6 Å². The number of nitrogens with zero attached hydrogens (tertiary/aromatic N) is 2. The molecule has 2 rings (SSSR count). The number of amides is 1. The van der Waals surface area contributed by atoms with E-state index in [-0.39, 0.29) is 5.91 Å². The Morgan fingerprint density at radius 3 is 2.46 bits per heavy atom. The van der Waals surface area contributed by atoms with Crippen molar-refractivity contribution in [1.82, 2.24) is 9.78 Å². The molecule has 0 aliphatic heterocycles. The molecule has 1 aromatic heterocycles. The number of rotatable bonds is 7. The summed E-state index contributed by atoms with van der Waals surface area (Å²) in [5.74, 6) is -0.678. The molecular weight excluding hydrogens is 310 g/mol. The van der Waals surface area contributed by atoms with Crippen molar-refractivity contribution in [3.05, 3.63) is 41.2 Å². The van der Waals surface area contributed by atoms with Crippen LogP contribution in [-0.2, 0) is 23.1 Å². The number of hydrogen-bond donors (Lipinski definition) is 2. The first-order chi connectivity index (χ1) is 11.4.